The quantitative estimate of drug-likeness (QED) is 0.116. The summed E-state index contributed by atoms with van der Waals surface area (Å²) in [6.45, 7) is 4.04. The summed E-state index contributed by atoms with van der Waals surface area (Å²) < 4.78 is 0. The minimum Gasteiger partial charge on any atom is -0.508 e. The Morgan fingerprint density at radius 1 is 0.935 bits per heavy atom. The number of amides is 4. The highest BCUT2D eigenvalue weighted by molar-refractivity contribution is 7.98. The van der Waals surface area contributed by atoms with Crippen LogP contribution in [-0.4, -0.2) is 95.6 Å². The van der Waals surface area contributed by atoms with E-state index < -0.39 is 48.3 Å². The van der Waals surface area contributed by atoms with Gasteiger partial charge in [0.05, 0.1) is 18.6 Å². The summed E-state index contributed by atoms with van der Waals surface area (Å²) in [5.41, 5.74) is 9.65. The van der Waals surface area contributed by atoms with Crippen LogP contribution in [0, 0.1) is 13.8 Å². The molecule has 0 bridgehead atoms. The van der Waals surface area contributed by atoms with Crippen molar-refractivity contribution in [2.24, 2.45) is 5.73 Å². The zero-order chi connectivity index (χ0) is 34.1. The minimum absolute atomic E-state index is 0.139. The van der Waals surface area contributed by atoms with Crippen molar-refractivity contribution in [3.63, 3.8) is 0 Å². The molecule has 46 heavy (non-hydrogen) atoms. The van der Waals surface area contributed by atoms with Crippen LogP contribution in [0.4, 0.5) is 0 Å². The number of benzene rings is 2. The van der Waals surface area contributed by atoms with Gasteiger partial charge in [0.1, 0.15) is 11.8 Å². The van der Waals surface area contributed by atoms with Crippen LogP contribution >= 0.6 is 11.8 Å². The van der Waals surface area contributed by atoms with Gasteiger partial charge in [-0.3, -0.25) is 29.4 Å². The summed E-state index contributed by atoms with van der Waals surface area (Å²) in [4.78, 5) is 54.1. The summed E-state index contributed by atoms with van der Waals surface area (Å²) in [7, 11) is 1.85. The maximum absolute atomic E-state index is 13.3. The third-order valence-electron chi connectivity index (χ3n) is 7.90. The minimum atomic E-state index is -0.930. The Balaban J connectivity index is 1.99. The molecule has 0 saturated carbocycles. The Bertz CT molecular complexity index is 1250. The molecule has 0 unspecified atom stereocenters. The van der Waals surface area contributed by atoms with Crippen LogP contribution in [-0.2, 0) is 32.0 Å². The molecule has 2 aromatic rings. The van der Waals surface area contributed by atoms with Crippen LogP contribution in [0.25, 0.3) is 0 Å². The molecule has 2 rings (SSSR count). The van der Waals surface area contributed by atoms with Gasteiger partial charge in [0.15, 0.2) is 0 Å². The fourth-order valence-electron chi connectivity index (χ4n) is 5.21. The topological polar surface area (TPSA) is 174 Å². The van der Waals surface area contributed by atoms with E-state index in [1.54, 1.807) is 12.1 Å². The average Bonchev–Trinajstić information content (AvgIpc) is 3.02. The van der Waals surface area contributed by atoms with E-state index in [0.717, 1.165) is 47.9 Å². The van der Waals surface area contributed by atoms with E-state index in [2.05, 4.69) is 16.0 Å². The van der Waals surface area contributed by atoms with Gasteiger partial charge in [0.25, 0.3) is 0 Å². The lowest BCUT2D eigenvalue weighted by molar-refractivity contribution is -0.134. The fourth-order valence-corrected chi connectivity index (χ4v) is 5.68. The first-order chi connectivity index (χ1) is 22.0. The number of likely N-dealkylation sites (N-methyl/N-ethyl adjacent to an activating group) is 1. The molecule has 0 heterocycles. The summed E-state index contributed by atoms with van der Waals surface area (Å²) in [5.74, 6) is -1.44. The van der Waals surface area contributed by atoms with E-state index in [1.165, 1.54) is 11.8 Å². The zero-order valence-electron chi connectivity index (χ0n) is 27.5. The highest BCUT2D eigenvalue weighted by atomic mass is 32.2. The monoisotopic (exact) mass is 657 g/mol. The second kappa shape index (κ2) is 20.6. The van der Waals surface area contributed by atoms with Crippen molar-refractivity contribution in [2.45, 2.75) is 76.9 Å². The van der Waals surface area contributed by atoms with Crippen LogP contribution in [0.15, 0.2) is 42.5 Å². The van der Waals surface area contributed by atoms with Gasteiger partial charge in [0, 0.05) is 6.61 Å². The van der Waals surface area contributed by atoms with E-state index in [1.807, 2.05) is 62.4 Å². The number of unbranched alkanes of at least 4 members (excludes halogenated alkanes) is 3. The van der Waals surface area contributed by atoms with Crippen molar-refractivity contribution in [3.8, 4) is 5.75 Å². The Morgan fingerprint density at radius 2 is 1.59 bits per heavy atom. The first kappa shape index (κ1) is 38.7. The summed E-state index contributed by atoms with van der Waals surface area (Å²) in [6.07, 6.45) is 6.26. The van der Waals surface area contributed by atoms with Crippen molar-refractivity contribution < 1.29 is 29.4 Å². The number of nitrogens with zero attached hydrogens (tertiary/aromatic N) is 1. The van der Waals surface area contributed by atoms with Crippen LogP contribution in [0.2, 0.25) is 0 Å². The van der Waals surface area contributed by atoms with Gasteiger partial charge in [-0.15, -0.1) is 0 Å². The molecule has 11 nitrogen and oxygen atoms in total. The Kier molecular flexibility index (Phi) is 17.4. The van der Waals surface area contributed by atoms with E-state index >= 15 is 0 Å². The molecule has 0 aliphatic rings. The average molecular weight is 658 g/mol. The molecule has 0 aromatic heterocycles. The normalized spacial score (nSPS) is 13.1. The number of thioether (sulfide) groups is 1. The number of aryl methyl sites for hydroxylation is 2. The van der Waals surface area contributed by atoms with Crippen LogP contribution < -0.4 is 21.7 Å². The highest BCUT2D eigenvalue weighted by Gasteiger charge is 2.27. The Morgan fingerprint density at radius 3 is 2.22 bits per heavy atom. The smallest absolute Gasteiger partial charge is 0.245 e. The number of carbonyl (C=O) groups is 4. The first-order valence-electron chi connectivity index (χ1n) is 15.8. The number of aromatic hydroxyl groups is 1. The maximum Gasteiger partial charge on any atom is 0.245 e. The zero-order valence-corrected chi connectivity index (χ0v) is 28.3. The largest absolute Gasteiger partial charge is 0.508 e. The number of nitrogens with two attached hydrogens (primary N) is 1. The molecule has 0 spiro atoms. The third-order valence-corrected chi connectivity index (χ3v) is 8.54. The van der Waals surface area contributed by atoms with E-state index in [9.17, 15) is 24.3 Å². The molecule has 3 atom stereocenters. The molecule has 0 aliphatic heterocycles. The number of imide groups is 1. The van der Waals surface area contributed by atoms with Crippen LogP contribution in [0.3, 0.4) is 0 Å². The number of phenolic OH excluding ortho intramolecular Hbond substituents is 1. The molecule has 0 fully saturated rings. The van der Waals surface area contributed by atoms with E-state index in [0.29, 0.717) is 25.1 Å². The lowest BCUT2D eigenvalue weighted by atomic mass is 9.96. The number of carbonyl (C=O) groups excluding carboxylic acids is 4. The molecular formula is C34H51N5O6S. The number of phenols is 1. The van der Waals surface area contributed by atoms with Gasteiger partial charge in [0.2, 0.25) is 23.6 Å². The first-order valence-corrected chi connectivity index (χ1v) is 17.2. The SMILES string of the molecule is CSCC[C@@H](NC(=O)[C@H](N)Cc1c(C)cc(O)cc1C)C(=O)NCC(=O)NC(=O)[C@H](Cc1ccccc1)N(C)CCCCCCO. The van der Waals surface area contributed by atoms with Gasteiger partial charge in [-0.1, -0.05) is 43.2 Å². The summed E-state index contributed by atoms with van der Waals surface area (Å²) in [6, 6.07) is 10.3. The molecular weight excluding hydrogens is 606 g/mol. The van der Waals surface area contributed by atoms with Crippen molar-refractivity contribution in [3.05, 3.63) is 64.7 Å². The lowest BCUT2D eigenvalue weighted by Crippen LogP contribution is -2.54. The van der Waals surface area contributed by atoms with Crippen molar-refractivity contribution in [1.29, 1.82) is 0 Å². The second-order valence-corrected chi connectivity index (χ2v) is 12.7. The summed E-state index contributed by atoms with van der Waals surface area (Å²) in [5, 5.41) is 26.5. The molecule has 0 aliphatic carbocycles. The Hall–Kier alpha value is -3.45. The molecule has 254 valence electrons. The summed E-state index contributed by atoms with van der Waals surface area (Å²) >= 11 is 1.51. The maximum atomic E-state index is 13.3. The number of rotatable bonds is 20. The predicted octanol–water partition coefficient (Wildman–Crippen LogP) is 1.97. The Labute approximate surface area is 277 Å². The molecule has 0 saturated heterocycles. The lowest BCUT2D eigenvalue weighted by Gasteiger charge is -2.27. The van der Waals surface area contributed by atoms with Gasteiger partial charge in [-0.25, -0.2) is 0 Å². The predicted molar refractivity (Wildman–Crippen MR) is 182 cm³/mol. The van der Waals surface area contributed by atoms with Crippen molar-refractivity contribution >= 4 is 35.4 Å². The van der Waals surface area contributed by atoms with Gasteiger partial charge < -0.3 is 26.6 Å². The van der Waals surface area contributed by atoms with Crippen molar-refractivity contribution in [2.75, 3.05) is 38.8 Å². The van der Waals surface area contributed by atoms with Gasteiger partial charge in [-0.2, -0.15) is 11.8 Å². The second-order valence-electron chi connectivity index (χ2n) is 11.7. The number of nitrogens with one attached hydrogen (secondary N) is 3. The van der Waals surface area contributed by atoms with Gasteiger partial charge in [-0.05, 0) is 106 Å². The molecule has 12 heteroatoms. The molecule has 0 radical (unpaired) electrons. The van der Waals surface area contributed by atoms with Crippen molar-refractivity contribution in [1.82, 2.24) is 20.9 Å². The number of aliphatic hydroxyl groups excluding tert-OH is 1. The van der Waals surface area contributed by atoms with Crippen LogP contribution in [0.1, 0.15) is 54.4 Å². The molecule has 7 N–H and O–H groups in total. The number of aliphatic hydroxyl groups is 1. The third kappa shape index (κ3) is 13.5. The number of hydrogen-bond acceptors (Lipinski definition) is 9. The van der Waals surface area contributed by atoms with Gasteiger partial charge >= 0.3 is 0 Å². The van der Waals surface area contributed by atoms with E-state index in [-0.39, 0.29) is 18.8 Å². The van der Waals surface area contributed by atoms with E-state index in [4.69, 9.17) is 10.8 Å². The molecule has 2 aromatic carbocycles. The standard InChI is InChI=1S/C34H51N5O6S/c1-23-18-26(41)19-24(2)27(23)21-28(35)32(43)37-29(14-17-46-4)33(44)36-22-31(42)38-34(45)30(20-25-12-8-7-9-13-25)39(3)15-10-5-6-11-16-40/h7-9,12-13,18-19,28-30,40-41H,5-6,10-11,14-17,20-22,35H2,1-4H3,(H,36,44)(H,37,43)(H,38,42,45)/t28-,29-,30+/m1/s1. The highest BCUT2D eigenvalue weighted by Crippen LogP contribution is 2.22. The molecule has 4 amide bonds. The fraction of sp³-hybridized carbons (Fsp3) is 0.529. The van der Waals surface area contributed by atoms with Crippen LogP contribution in [0.5, 0.6) is 5.75 Å². The number of hydrogen-bond donors (Lipinski definition) is 6.